The molecule has 2 unspecified atom stereocenters. The molecule has 0 spiro atoms. The molecule has 0 bridgehead atoms. The fourth-order valence-corrected chi connectivity index (χ4v) is 10.8. The molecule has 612 valence electrons. The molecule has 3 fully saturated rings. The number of carbonyl (C=O) groups is 7. The third-order valence-corrected chi connectivity index (χ3v) is 16.5. The molecule has 7 amide bonds. The van der Waals surface area contributed by atoms with Crippen molar-refractivity contribution in [2.45, 2.75) is 202 Å². The van der Waals surface area contributed by atoms with Gasteiger partial charge in [0, 0.05) is 33.5 Å². The maximum Gasteiger partial charge on any atom is 0.246 e. The number of amides is 7. The van der Waals surface area contributed by atoms with Gasteiger partial charge < -0.3 is 160 Å². The van der Waals surface area contributed by atoms with Crippen molar-refractivity contribution in [3.8, 4) is 0 Å². The van der Waals surface area contributed by atoms with E-state index < -0.39 is 166 Å². The maximum atomic E-state index is 14.2. The fourth-order valence-electron chi connectivity index (χ4n) is 10.8. The summed E-state index contributed by atoms with van der Waals surface area (Å²) in [5, 5.41) is 109. The van der Waals surface area contributed by atoms with Crippen LogP contribution in [-0.2, 0) is 105 Å². The highest BCUT2D eigenvalue weighted by atomic mass is 16.7. The maximum absolute atomic E-state index is 14.2. The average Bonchev–Trinajstić information content (AvgIpc) is 0.831. The van der Waals surface area contributed by atoms with Crippen molar-refractivity contribution in [2.24, 2.45) is 5.73 Å². The Hall–Kier alpha value is -4.71. The van der Waals surface area contributed by atoms with Crippen LogP contribution in [-0.4, -0.2) is 370 Å². The third kappa shape index (κ3) is 40.5. The van der Waals surface area contributed by atoms with Crippen molar-refractivity contribution in [3.63, 3.8) is 0 Å². The van der Waals surface area contributed by atoms with Gasteiger partial charge in [0.25, 0.3) is 0 Å². The molecule has 105 heavy (non-hydrogen) atoms. The van der Waals surface area contributed by atoms with Gasteiger partial charge in [0.1, 0.15) is 98.9 Å². The fraction of sp³-hybridized carbons (Fsp3) is 0.894. The van der Waals surface area contributed by atoms with E-state index in [1.165, 1.54) is 13.8 Å². The highest BCUT2D eigenvalue weighted by Gasteiger charge is 2.47. The van der Waals surface area contributed by atoms with Crippen molar-refractivity contribution >= 4 is 41.4 Å². The van der Waals surface area contributed by atoms with E-state index in [4.69, 9.17) is 76.8 Å². The van der Waals surface area contributed by atoms with Crippen molar-refractivity contribution in [2.75, 3.05) is 178 Å². The molecule has 18 N–H and O–H groups in total. The molecule has 3 rings (SSSR count). The van der Waals surface area contributed by atoms with Gasteiger partial charge in [-0.2, -0.15) is 0 Å². The Morgan fingerprint density at radius 3 is 1.10 bits per heavy atom. The number of hydrogen-bond donors (Lipinski definition) is 17. The van der Waals surface area contributed by atoms with E-state index >= 15 is 0 Å². The zero-order chi connectivity index (χ0) is 77.0. The van der Waals surface area contributed by atoms with Gasteiger partial charge in [0.2, 0.25) is 41.4 Å². The minimum Gasteiger partial charge on any atom is -0.394 e. The predicted molar refractivity (Wildman–Crippen MR) is 366 cm³/mol. The normalized spacial score (nSPS) is 25.2. The Bertz CT molecular complexity index is 2340. The van der Waals surface area contributed by atoms with Crippen molar-refractivity contribution < 1.29 is 151 Å². The van der Waals surface area contributed by atoms with Gasteiger partial charge in [-0.1, -0.05) is 39.0 Å². The molecule has 39 nitrogen and oxygen atoms in total. The molecule has 17 atom stereocenters. The summed E-state index contributed by atoms with van der Waals surface area (Å²) < 4.78 is 82.7. The van der Waals surface area contributed by atoms with Crippen LogP contribution in [0.1, 0.15) is 97.8 Å². The topological polar surface area (TPSA) is 550 Å². The molecule has 0 aliphatic carbocycles. The van der Waals surface area contributed by atoms with Crippen LogP contribution in [0.2, 0.25) is 0 Å². The summed E-state index contributed by atoms with van der Waals surface area (Å²) in [5.74, 6) is -3.42. The average molecular weight is 1520 g/mol. The second-order valence-electron chi connectivity index (χ2n) is 25.0. The molecule has 3 aliphatic rings. The highest BCUT2D eigenvalue weighted by molar-refractivity contribution is 5.92. The summed E-state index contributed by atoms with van der Waals surface area (Å²) in [5.41, 5.74) is 5.87. The number of rotatable bonds is 62. The molecule has 3 aliphatic heterocycles. The summed E-state index contributed by atoms with van der Waals surface area (Å²) in [4.78, 5) is 89.9. The van der Waals surface area contributed by atoms with E-state index in [0.717, 1.165) is 38.5 Å². The van der Waals surface area contributed by atoms with Crippen LogP contribution >= 0.6 is 0 Å². The van der Waals surface area contributed by atoms with E-state index in [-0.39, 0.29) is 164 Å². The quantitative estimate of drug-likeness (QED) is 0.0252. The van der Waals surface area contributed by atoms with Crippen LogP contribution in [0.25, 0.3) is 0 Å². The van der Waals surface area contributed by atoms with Crippen LogP contribution < -0.4 is 43.0 Å². The van der Waals surface area contributed by atoms with Gasteiger partial charge in [0.15, 0.2) is 18.9 Å². The number of unbranched alkanes of at least 4 members (excludes halogenated alkanes) is 7. The molecule has 39 heteroatoms. The Balaban J connectivity index is 1.44. The minimum atomic E-state index is -1.46. The Kier molecular flexibility index (Phi) is 52.5. The molecule has 3 heterocycles. The number of aliphatic hydroxyl groups is 9. The van der Waals surface area contributed by atoms with Crippen LogP contribution in [0.4, 0.5) is 0 Å². The first-order valence-corrected chi connectivity index (χ1v) is 36.3. The summed E-state index contributed by atoms with van der Waals surface area (Å²) >= 11 is 0. The van der Waals surface area contributed by atoms with E-state index in [0.29, 0.717) is 32.2 Å². The highest BCUT2D eigenvalue weighted by Crippen LogP contribution is 2.25. The smallest absolute Gasteiger partial charge is 0.246 e. The van der Waals surface area contributed by atoms with Crippen LogP contribution in [0.5, 0.6) is 0 Å². The second-order valence-corrected chi connectivity index (χ2v) is 25.0. The lowest BCUT2D eigenvalue weighted by atomic mass is 9.97. The number of nitrogens with one attached hydrogen (secondary N) is 7. The molecular formula is C66H122N8O31. The monoisotopic (exact) mass is 1520 g/mol. The summed E-state index contributed by atoms with van der Waals surface area (Å²) in [6.07, 6.45) is -7.34. The number of hydrogen-bond acceptors (Lipinski definition) is 32. The van der Waals surface area contributed by atoms with Crippen LogP contribution in [0, 0.1) is 0 Å². The number of nitrogens with two attached hydrogens (primary N) is 1. The van der Waals surface area contributed by atoms with E-state index in [1.807, 2.05) is 0 Å². The summed E-state index contributed by atoms with van der Waals surface area (Å²) in [6.45, 7) is 4.71. The largest absolute Gasteiger partial charge is 0.394 e. The first-order valence-electron chi connectivity index (χ1n) is 36.3. The first kappa shape index (κ1) is 94.5. The number of aliphatic hydroxyl groups excluding tert-OH is 9. The zero-order valence-corrected chi connectivity index (χ0v) is 61.0. The van der Waals surface area contributed by atoms with Crippen molar-refractivity contribution in [3.05, 3.63) is 0 Å². The molecule has 0 aromatic carbocycles. The van der Waals surface area contributed by atoms with Crippen molar-refractivity contribution in [1.29, 1.82) is 0 Å². The van der Waals surface area contributed by atoms with Crippen molar-refractivity contribution in [1.82, 2.24) is 37.2 Å². The second kappa shape index (κ2) is 58.3. The summed E-state index contributed by atoms with van der Waals surface area (Å²) in [7, 11) is 0. The lowest BCUT2D eigenvalue weighted by molar-refractivity contribution is -0.272. The predicted octanol–water partition coefficient (Wildman–Crippen LogP) is -7.14. The molecule has 3 saturated heterocycles. The Morgan fingerprint density at radius 1 is 0.371 bits per heavy atom. The molecule has 0 saturated carbocycles. The lowest BCUT2D eigenvalue weighted by Crippen LogP contribution is -2.64. The van der Waals surface area contributed by atoms with Gasteiger partial charge in [-0.25, -0.2) is 0 Å². The van der Waals surface area contributed by atoms with E-state index in [9.17, 15) is 79.5 Å². The molecule has 0 aromatic heterocycles. The van der Waals surface area contributed by atoms with Gasteiger partial charge in [-0.05, 0) is 44.9 Å². The van der Waals surface area contributed by atoms with E-state index in [1.54, 1.807) is 0 Å². The van der Waals surface area contributed by atoms with Crippen LogP contribution in [0.15, 0.2) is 0 Å². The van der Waals surface area contributed by atoms with Gasteiger partial charge >= 0.3 is 0 Å². The zero-order valence-electron chi connectivity index (χ0n) is 61.0. The lowest BCUT2D eigenvalue weighted by Gasteiger charge is -2.42. The van der Waals surface area contributed by atoms with Gasteiger partial charge in [-0.15, -0.1) is 0 Å². The Morgan fingerprint density at radius 2 is 0.695 bits per heavy atom. The minimum absolute atomic E-state index is 0.00451. The Labute approximate surface area is 613 Å². The standard InChI is InChI=1S/C66H122N8O31/c1-4-5-6-7-8-11-18-70-62(89)45(14-9-12-16-68-50(80)40-97-29-26-92-20-23-95-32-35-101-65-54(71-43(2)78)60(87)57(84)48(38-76)104-65)74-63(90)46(73-52(82)42-99-30-27-93-21-24-96-33-36-102-66-55(72-44(3)79)61(88)58(85)49(39-77)105-66)15-10-13-17-69-51(81)41-98-28-25-91-19-22-94-31-34-100-64-53(67)59(86)56(83)47(37-75)103-64/h45-49,53-61,64-66,75-77,83-88H,4-42,67H2,1-3H3,(H,68,80)(H,69,81)(H,70,89)(H,71,78)(H,72,79)(H,73,82)(H,74,90)/t45?,46?,47-,48-,49-,53-,54-,55-,56+,57+,58+,59-,60-,61-,64-,65-,66-/m1/s1. The van der Waals surface area contributed by atoms with Gasteiger partial charge in [0.05, 0.1) is 145 Å². The summed E-state index contributed by atoms with van der Waals surface area (Å²) in [6, 6.07) is -5.34. The van der Waals surface area contributed by atoms with Crippen LogP contribution in [0.3, 0.4) is 0 Å². The van der Waals surface area contributed by atoms with Gasteiger partial charge in [-0.3, -0.25) is 33.6 Å². The molecule has 0 radical (unpaired) electrons. The van der Waals surface area contributed by atoms with E-state index in [2.05, 4.69) is 44.1 Å². The number of carbonyl (C=O) groups excluding carboxylic acids is 7. The SMILES string of the molecule is CCCCCCCCNC(=O)C(CCCCNC(=O)COCCOCCOCCO[C@@H]1O[C@H](CO)[C@H](O)[C@H](O)[C@H]1NC(C)=O)NC(=O)C(CCCCNC(=O)COCCOCCOCCO[C@@H]1O[C@H](CO)[C@H](O)[C@H](O)[C@H]1N)NC(=O)COCCOCCOCCO[C@@H]1O[C@H](CO)[C@H](O)[C@H](O)[C@H]1NC(C)=O. The first-order chi connectivity index (χ1) is 50.7. The molecule has 0 aromatic rings. The molecular weight excluding hydrogens is 1400 g/mol. The third-order valence-electron chi connectivity index (χ3n) is 16.5. The number of ether oxygens (including phenoxy) is 15.